The summed E-state index contributed by atoms with van der Waals surface area (Å²) in [6.45, 7) is 2.39. The van der Waals surface area contributed by atoms with Crippen LogP contribution in [0.1, 0.15) is 11.3 Å². The highest BCUT2D eigenvalue weighted by atomic mass is 35.5. The van der Waals surface area contributed by atoms with E-state index in [1.54, 1.807) is 14.0 Å². The maximum Gasteiger partial charge on any atom is 0.224 e. The fraction of sp³-hybridized carbons (Fsp3) is 0.231. The zero-order valence-corrected chi connectivity index (χ0v) is 11.5. The van der Waals surface area contributed by atoms with Gasteiger partial charge in [0.05, 0.1) is 18.5 Å². The van der Waals surface area contributed by atoms with Crippen molar-refractivity contribution in [1.82, 2.24) is 9.97 Å². The topological polar surface area (TPSA) is 73.1 Å². The van der Waals surface area contributed by atoms with Crippen molar-refractivity contribution < 1.29 is 4.74 Å². The monoisotopic (exact) mass is 278 g/mol. The van der Waals surface area contributed by atoms with Crippen molar-refractivity contribution in [2.24, 2.45) is 0 Å². The fourth-order valence-electron chi connectivity index (χ4n) is 1.61. The van der Waals surface area contributed by atoms with Crippen LogP contribution in [-0.4, -0.2) is 17.1 Å². The smallest absolute Gasteiger partial charge is 0.224 e. The van der Waals surface area contributed by atoms with Gasteiger partial charge in [-0.2, -0.15) is 4.98 Å². The van der Waals surface area contributed by atoms with Crippen LogP contribution < -0.4 is 15.8 Å². The number of hydrogen-bond donors (Lipinski definition) is 2. The molecule has 0 aliphatic heterocycles. The van der Waals surface area contributed by atoms with Crippen LogP contribution >= 0.6 is 11.6 Å². The summed E-state index contributed by atoms with van der Waals surface area (Å²) >= 11 is 5.81. The Morgan fingerprint density at radius 1 is 1.26 bits per heavy atom. The van der Waals surface area contributed by atoms with Crippen LogP contribution in [0.5, 0.6) is 5.75 Å². The molecule has 3 N–H and O–H groups in total. The van der Waals surface area contributed by atoms with E-state index in [1.807, 2.05) is 24.3 Å². The van der Waals surface area contributed by atoms with Crippen molar-refractivity contribution >= 4 is 23.1 Å². The zero-order valence-electron chi connectivity index (χ0n) is 10.8. The van der Waals surface area contributed by atoms with Crippen LogP contribution in [0.2, 0.25) is 5.28 Å². The minimum atomic E-state index is 0.184. The molecule has 1 heterocycles. The molecule has 1 aromatic carbocycles. The molecule has 0 unspecified atom stereocenters. The van der Waals surface area contributed by atoms with Gasteiger partial charge in [0.15, 0.2) is 5.82 Å². The van der Waals surface area contributed by atoms with Gasteiger partial charge >= 0.3 is 0 Å². The van der Waals surface area contributed by atoms with E-state index >= 15 is 0 Å². The van der Waals surface area contributed by atoms with Gasteiger partial charge in [-0.3, -0.25) is 0 Å². The van der Waals surface area contributed by atoms with Crippen molar-refractivity contribution in [2.45, 2.75) is 13.5 Å². The standard InChI is InChI=1S/C13H15ClN4O/c1-8-11(15)12(18-13(14)17-8)16-7-9-3-5-10(19-2)6-4-9/h3-6H,7,15H2,1-2H3,(H,16,17,18). The summed E-state index contributed by atoms with van der Waals surface area (Å²) < 4.78 is 5.10. The highest BCUT2D eigenvalue weighted by Crippen LogP contribution is 2.21. The first kappa shape index (κ1) is 13.4. The number of anilines is 2. The number of rotatable bonds is 4. The van der Waals surface area contributed by atoms with E-state index in [2.05, 4.69) is 15.3 Å². The van der Waals surface area contributed by atoms with Gasteiger partial charge in [0, 0.05) is 6.54 Å². The predicted octanol–water partition coefficient (Wildman–Crippen LogP) is 2.64. The van der Waals surface area contributed by atoms with E-state index < -0.39 is 0 Å². The molecule has 6 heteroatoms. The zero-order chi connectivity index (χ0) is 13.8. The van der Waals surface area contributed by atoms with E-state index in [9.17, 15) is 0 Å². The highest BCUT2D eigenvalue weighted by molar-refractivity contribution is 6.28. The molecule has 0 fully saturated rings. The summed E-state index contributed by atoms with van der Waals surface area (Å²) in [5, 5.41) is 3.33. The van der Waals surface area contributed by atoms with Gasteiger partial charge in [0.25, 0.3) is 0 Å². The average Bonchev–Trinajstić information content (AvgIpc) is 2.41. The third-order valence-corrected chi connectivity index (χ3v) is 2.90. The lowest BCUT2D eigenvalue weighted by Gasteiger charge is -2.10. The molecule has 100 valence electrons. The number of methoxy groups -OCH3 is 1. The predicted molar refractivity (Wildman–Crippen MR) is 76.5 cm³/mol. The number of hydrogen-bond acceptors (Lipinski definition) is 5. The molecule has 0 aliphatic rings. The number of nitrogens with one attached hydrogen (secondary N) is 1. The van der Waals surface area contributed by atoms with Crippen molar-refractivity contribution in [3.05, 3.63) is 40.8 Å². The van der Waals surface area contributed by atoms with Gasteiger partial charge in [0.2, 0.25) is 5.28 Å². The molecule has 0 radical (unpaired) electrons. The second-order valence-electron chi connectivity index (χ2n) is 4.04. The van der Waals surface area contributed by atoms with Gasteiger partial charge in [0.1, 0.15) is 5.75 Å². The van der Waals surface area contributed by atoms with Crippen molar-refractivity contribution in [1.29, 1.82) is 0 Å². The van der Waals surface area contributed by atoms with Crippen LogP contribution in [0.25, 0.3) is 0 Å². The minimum absolute atomic E-state index is 0.184. The van der Waals surface area contributed by atoms with Gasteiger partial charge in [-0.1, -0.05) is 12.1 Å². The molecule has 0 atom stereocenters. The van der Waals surface area contributed by atoms with E-state index in [1.165, 1.54) is 0 Å². The maximum absolute atomic E-state index is 5.90. The van der Waals surface area contributed by atoms with E-state index in [0.29, 0.717) is 23.7 Å². The van der Waals surface area contributed by atoms with Gasteiger partial charge < -0.3 is 15.8 Å². The number of nitrogens with zero attached hydrogens (tertiary/aromatic N) is 2. The van der Waals surface area contributed by atoms with Gasteiger partial charge in [-0.05, 0) is 36.2 Å². The number of halogens is 1. The Hall–Kier alpha value is -2.01. The molecule has 5 nitrogen and oxygen atoms in total. The summed E-state index contributed by atoms with van der Waals surface area (Å²) in [6.07, 6.45) is 0. The molecular weight excluding hydrogens is 264 g/mol. The van der Waals surface area contributed by atoms with Crippen molar-refractivity contribution in [2.75, 3.05) is 18.2 Å². The maximum atomic E-state index is 5.90. The summed E-state index contributed by atoms with van der Waals surface area (Å²) in [5.74, 6) is 1.37. The number of aryl methyl sites for hydroxylation is 1. The number of nitrogen functional groups attached to an aromatic ring is 1. The van der Waals surface area contributed by atoms with Crippen LogP contribution in [0, 0.1) is 6.92 Å². The average molecular weight is 279 g/mol. The number of benzene rings is 1. The molecular formula is C13H15ClN4O. The van der Waals surface area contributed by atoms with Gasteiger partial charge in [-0.15, -0.1) is 0 Å². The van der Waals surface area contributed by atoms with E-state index in [0.717, 1.165) is 11.3 Å². The van der Waals surface area contributed by atoms with Crippen LogP contribution in [0.3, 0.4) is 0 Å². The largest absolute Gasteiger partial charge is 0.497 e. The Labute approximate surface area is 116 Å². The summed E-state index contributed by atoms with van der Waals surface area (Å²) in [6, 6.07) is 7.74. The third kappa shape index (κ3) is 3.26. The highest BCUT2D eigenvalue weighted by Gasteiger charge is 2.07. The summed E-state index contributed by atoms with van der Waals surface area (Å²) in [7, 11) is 1.64. The summed E-state index contributed by atoms with van der Waals surface area (Å²) in [5.41, 5.74) is 8.16. The Bertz CT molecular complexity index is 572. The Morgan fingerprint density at radius 2 is 1.95 bits per heavy atom. The Morgan fingerprint density at radius 3 is 2.58 bits per heavy atom. The molecule has 0 spiro atoms. The molecule has 19 heavy (non-hydrogen) atoms. The Balaban J connectivity index is 2.09. The second-order valence-corrected chi connectivity index (χ2v) is 4.38. The lowest BCUT2D eigenvalue weighted by atomic mass is 10.2. The number of ether oxygens (including phenoxy) is 1. The molecule has 2 rings (SSSR count). The Kier molecular flexibility index (Phi) is 4.06. The first-order chi connectivity index (χ1) is 9.10. The van der Waals surface area contributed by atoms with Crippen molar-refractivity contribution in [3.8, 4) is 5.75 Å². The third-order valence-electron chi connectivity index (χ3n) is 2.73. The van der Waals surface area contributed by atoms with Crippen molar-refractivity contribution in [3.63, 3.8) is 0 Å². The lowest BCUT2D eigenvalue weighted by Crippen LogP contribution is -2.07. The number of aromatic nitrogens is 2. The molecule has 0 saturated carbocycles. The SMILES string of the molecule is COc1ccc(CNc2nc(Cl)nc(C)c2N)cc1. The van der Waals surface area contributed by atoms with Crippen LogP contribution in [0.15, 0.2) is 24.3 Å². The summed E-state index contributed by atoms with van der Waals surface area (Å²) in [4.78, 5) is 8.06. The minimum Gasteiger partial charge on any atom is -0.497 e. The van der Waals surface area contributed by atoms with E-state index in [-0.39, 0.29) is 5.28 Å². The van der Waals surface area contributed by atoms with Crippen LogP contribution in [0.4, 0.5) is 11.5 Å². The normalized spacial score (nSPS) is 10.3. The van der Waals surface area contributed by atoms with E-state index in [4.69, 9.17) is 22.1 Å². The molecule has 0 bridgehead atoms. The first-order valence-corrected chi connectivity index (χ1v) is 6.14. The number of nitrogens with two attached hydrogens (primary N) is 1. The van der Waals surface area contributed by atoms with Gasteiger partial charge in [-0.25, -0.2) is 4.98 Å². The molecule has 0 aliphatic carbocycles. The molecule has 0 amide bonds. The lowest BCUT2D eigenvalue weighted by molar-refractivity contribution is 0.414. The van der Waals surface area contributed by atoms with Crippen LogP contribution in [-0.2, 0) is 6.54 Å². The first-order valence-electron chi connectivity index (χ1n) is 5.76. The molecule has 1 aromatic heterocycles. The second kappa shape index (κ2) is 5.75. The fourth-order valence-corrected chi connectivity index (χ4v) is 1.82. The molecule has 0 saturated heterocycles. The molecule has 2 aromatic rings. The quantitative estimate of drug-likeness (QED) is 0.841.